The summed E-state index contributed by atoms with van der Waals surface area (Å²) in [6, 6.07) is 11.2. The maximum absolute atomic E-state index is 13.2. The van der Waals surface area contributed by atoms with Gasteiger partial charge in [0.25, 0.3) is 11.8 Å². The molecule has 2 aromatic heterocycles. The Morgan fingerprint density at radius 1 is 1.06 bits per heavy atom. The van der Waals surface area contributed by atoms with Crippen LogP contribution in [0.2, 0.25) is 0 Å². The molecule has 4 rings (SSSR count). The average molecular weight is 485 g/mol. The molecular weight excluding hydrogens is 456 g/mol. The van der Waals surface area contributed by atoms with Crippen LogP contribution in [-0.4, -0.2) is 80.1 Å². The Morgan fingerprint density at radius 3 is 2.48 bits per heavy atom. The molecule has 0 spiro atoms. The van der Waals surface area contributed by atoms with Crippen molar-refractivity contribution in [1.29, 1.82) is 0 Å². The second-order valence-electron chi connectivity index (χ2n) is 8.03. The summed E-state index contributed by atoms with van der Waals surface area (Å²) in [7, 11) is 3.47. The fourth-order valence-corrected chi connectivity index (χ4v) is 5.19. The van der Waals surface area contributed by atoms with E-state index in [4.69, 9.17) is 9.72 Å². The predicted molar refractivity (Wildman–Crippen MR) is 133 cm³/mol. The summed E-state index contributed by atoms with van der Waals surface area (Å²) >= 11 is 2.92. The van der Waals surface area contributed by atoms with Crippen molar-refractivity contribution in [2.45, 2.75) is 6.42 Å². The first-order valence-corrected chi connectivity index (χ1v) is 12.7. The normalized spacial score (nSPS) is 14.2. The lowest BCUT2D eigenvalue weighted by Gasteiger charge is -2.27. The number of aromatic nitrogens is 1. The van der Waals surface area contributed by atoms with Crippen molar-refractivity contribution in [1.82, 2.24) is 14.8 Å². The molecule has 174 valence electrons. The number of thiophene rings is 1. The van der Waals surface area contributed by atoms with E-state index in [9.17, 15) is 9.59 Å². The number of hydrogen-bond donors (Lipinski definition) is 0. The van der Waals surface area contributed by atoms with Crippen molar-refractivity contribution in [3.05, 3.63) is 57.6 Å². The van der Waals surface area contributed by atoms with E-state index in [1.807, 2.05) is 47.2 Å². The molecule has 3 heterocycles. The van der Waals surface area contributed by atoms with Gasteiger partial charge in [-0.15, -0.1) is 22.7 Å². The Balaban J connectivity index is 1.49. The zero-order valence-corrected chi connectivity index (χ0v) is 20.5. The van der Waals surface area contributed by atoms with Gasteiger partial charge in [0.1, 0.15) is 0 Å². The first-order valence-electron chi connectivity index (χ1n) is 11.0. The van der Waals surface area contributed by atoms with Crippen LogP contribution in [0.1, 0.15) is 26.5 Å². The van der Waals surface area contributed by atoms with Crippen molar-refractivity contribution in [3.63, 3.8) is 0 Å². The van der Waals surface area contributed by atoms with E-state index in [0.717, 1.165) is 50.5 Å². The molecule has 9 heteroatoms. The molecule has 33 heavy (non-hydrogen) atoms. The van der Waals surface area contributed by atoms with Crippen LogP contribution in [-0.2, 0) is 4.74 Å². The lowest BCUT2D eigenvalue weighted by Crippen LogP contribution is -2.39. The van der Waals surface area contributed by atoms with Gasteiger partial charge in [0, 0.05) is 56.8 Å². The van der Waals surface area contributed by atoms with Crippen LogP contribution in [0, 0.1) is 0 Å². The minimum atomic E-state index is -0.0338. The van der Waals surface area contributed by atoms with Crippen LogP contribution in [0.4, 0.5) is 5.13 Å². The van der Waals surface area contributed by atoms with E-state index in [0.29, 0.717) is 22.1 Å². The highest BCUT2D eigenvalue weighted by Crippen LogP contribution is 2.29. The third kappa shape index (κ3) is 5.86. The van der Waals surface area contributed by atoms with E-state index in [2.05, 4.69) is 4.90 Å². The van der Waals surface area contributed by atoms with Crippen molar-refractivity contribution >= 4 is 39.6 Å². The Morgan fingerprint density at radius 2 is 1.82 bits per heavy atom. The number of carbonyl (C=O) groups excluding carboxylic acids is 2. The summed E-state index contributed by atoms with van der Waals surface area (Å²) in [5.74, 6) is -0.0479. The van der Waals surface area contributed by atoms with Gasteiger partial charge in [-0.05, 0) is 30.0 Å². The van der Waals surface area contributed by atoms with Crippen LogP contribution in [0.25, 0.3) is 11.3 Å². The number of ether oxygens (including phenoxy) is 1. The topological polar surface area (TPSA) is 66.0 Å². The van der Waals surface area contributed by atoms with Gasteiger partial charge in [-0.1, -0.05) is 18.2 Å². The minimum Gasteiger partial charge on any atom is -0.379 e. The average Bonchev–Trinajstić information content (AvgIpc) is 3.54. The molecule has 0 unspecified atom stereocenters. The van der Waals surface area contributed by atoms with Crippen LogP contribution in [0.15, 0.2) is 47.2 Å². The van der Waals surface area contributed by atoms with Crippen molar-refractivity contribution in [2.75, 3.05) is 58.4 Å². The van der Waals surface area contributed by atoms with Crippen molar-refractivity contribution < 1.29 is 14.3 Å². The van der Waals surface area contributed by atoms with Crippen molar-refractivity contribution in [2.24, 2.45) is 0 Å². The molecule has 0 N–H and O–H groups in total. The Bertz CT molecular complexity index is 1060. The Kier molecular flexibility index (Phi) is 7.87. The molecule has 0 aliphatic carbocycles. The molecule has 1 fully saturated rings. The fourth-order valence-electron chi connectivity index (χ4n) is 3.66. The zero-order valence-electron chi connectivity index (χ0n) is 18.9. The maximum atomic E-state index is 13.2. The SMILES string of the molecule is CN(C)C(=O)c1ccc(-c2csc(N(CCCN3CCOCC3)C(=O)c3cccs3)n2)cc1. The van der Waals surface area contributed by atoms with Crippen molar-refractivity contribution in [3.8, 4) is 11.3 Å². The van der Waals surface area contributed by atoms with Gasteiger partial charge in [-0.3, -0.25) is 19.4 Å². The highest BCUT2D eigenvalue weighted by atomic mass is 32.1. The molecule has 1 aliphatic rings. The summed E-state index contributed by atoms with van der Waals surface area (Å²) in [6.07, 6.45) is 0.868. The van der Waals surface area contributed by atoms with Gasteiger partial charge in [0.15, 0.2) is 5.13 Å². The second kappa shape index (κ2) is 11.0. The number of hydrogen-bond acceptors (Lipinski definition) is 7. The Labute approximate surface area is 202 Å². The summed E-state index contributed by atoms with van der Waals surface area (Å²) < 4.78 is 5.43. The van der Waals surface area contributed by atoms with Crippen LogP contribution < -0.4 is 4.90 Å². The second-order valence-corrected chi connectivity index (χ2v) is 9.82. The maximum Gasteiger partial charge on any atom is 0.270 e. The number of anilines is 1. The van der Waals surface area contributed by atoms with Crippen LogP contribution in [0.3, 0.4) is 0 Å². The van der Waals surface area contributed by atoms with Gasteiger partial charge in [-0.2, -0.15) is 0 Å². The number of rotatable bonds is 8. The quantitative estimate of drug-likeness (QED) is 0.485. The van der Waals surface area contributed by atoms with Crippen LogP contribution >= 0.6 is 22.7 Å². The standard InChI is InChI=1S/C24H28N4O3S2/c1-26(2)22(29)19-8-6-18(7-9-19)20-17-33-24(25-20)28(23(30)21-5-3-16-32-21)11-4-10-27-12-14-31-15-13-27/h3,5-9,16-17H,4,10-15H2,1-2H3. The number of thiazole rings is 1. The summed E-state index contributed by atoms with van der Waals surface area (Å²) in [5.41, 5.74) is 2.36. The third-order valence-corrected chi connectivity index (χ3v) is 7.22. The van der Waals surface area contributed by atoms with Crippen LogP contribution in [0.5, 0.6) is 0 Å². The van der Waals surface area contributed by atoms with Gasteiger partial charge >= 0.3 is 0 Å². The molecule has 0 radical (unpaired) electrons. The van der Waals surface area contributed by atoms with E-state index in [1.54, 1.807) is 23.9 Å². The number of nitrogens with zero attached hydrogens (tertiary/aromatic N) is 4. The molecule has 3 aromatic rings. The molecule has 0 saturated carbocycles. The van der Waals surface area contributed by atoms with Gasteiger partial charge < -0.3 is 9.64 Å². The number of morpholine rings is 1. The first kappa shape index (κ1) is 23.6. The molecule has 7 nitrogen and oxygen atoms in total. The molecule has 0 bridgehead atoms. The summed E-state index contributed by atoms with van der Waals surface area (Å²) in [4.78, 5) is 36.6. The highest BCUT2D eigenvalue weighted by molar-refractivity contribution is 7.14. The monoisotopic (exact) mass is 484 g/mol. The largest absolute Gasteiger partial charge is 0.379 e. The predicted octanol–water partition coefficient (Wildman–Crippen LogP) is 3.94. The van der Waals surface area contributed by atoms with E-state index >= 15 is 0 Å². The molecule has 2 amide bonds. The molecule has 1 saturated heterocycles. The number of carbonyl (C=O) groups is 2. The highest BCUT2D eigenvalue weighted by Gasteiger charge is 2.22. The zero-order chi connectivity index (χ0) is 23.2. The fraction of sp³-hybridized carbons (Fsp3) is 0.375. The minimum absolute atomic E-state index is 0.0141. The van der Waals surface area contributed by atoms with Gasteiger partial charge in [0.05, 0.1) is 23.8 Å². The lowest BCUT2D eigenvalue weighted by atomic mass is 10.1. The van der Waals surface area contributed by atoms with E-state index < -0.39 is 0 Å². The summed E-state index contributed by atoms with van der Waals surface area (Å²) in [5, 5.41) is 4.58. The number of benzene rings is 1. The number of amides is 2. The van der Waals surface area contributed by atoms with Gasteiger partial charge in [-0.25, -0.2) is 4.98 Å². The van der Waals surface area contributed by atoms with Gasteiger partial charge in [0.2, 0.25) is 0 Å². The smallest absolute Gasteiger partial charge is 0.270 e. The first-order chi connectivity index (χ1) is 16.0. The Hall–Kier alpha value is -2.59. The summed E-state index contributed by atoms with van der Waals surface area (Å²) in [6.45, 7) is 4.95. The molecule has 1 aliphatic heterocycles. The van der Waals surface area contributed by atoms with E-state index in [1.165, 1.54) is 22.7 Å². The van der Waals surface area contributed by atoms with E-state index in [-0.39, 0.29) is 11.8 Å². The molecule has 1 aromatic carbocycles. The molecule has 0 atom stereocenters. The lowest BCUT2D eigenvalue weighted by molar-refractivity contribution is 0.0376. The molecular formula is C24H28N4O3S2. The third-order valence-electron chi connectivity index (χ3n) is 5.49.